The molecular weight excluding hydrogens is 170 g/mol. The molecule has 0 fully saturated rings. The van der Waals surface area contributed by atoms with E-state index in [9.17, 15) is 4.79 Å². The Balaban J connectivity index is 4.40. The summed E-state index contributed by atoms with van der Waals surface area (Å²) in [5, 5.41) is 8.34. The Bertz CT molecular complexity index is 219. The van der Waals surface area contributed by atoms with Gasteiger partial charge in [-0.1, -0.05) is 6.92 Å². The lowest BCUT2D eigenvalue weighted by Crippen LogP contribution is -2.39. The van der Waals surface area contributed by atoms with E-state index in [1.165, 1.54) is 6.26 Å². The predicted molar refractivity (Wildman–Crippen MR) is 46.6 cm³/mol. The molecule has 0 heterocycles. The summed E-state index contributed by atoms with van der Waals surface area (Å²) in [7, 11) is 0. The minimum atomic E-state index is -1.14. The Kier molecular flexibility index (Phi) is 4.26. The van der Waals surface area contributed by atoms with Crippen molar-refractivity contribution in [2.45, 2.75) is 45.8 Å². The van der Waals surface area contributed by atoms with Crippen LogP contribution in [0.3, 0.4) is 0 Å². The fraction of sp³-hybridized carbons (Fsp3) is 0.778. The molecule has 4 nitrogen and oxygen atoms in total. The summed E-state index contributed by atoms with van der Waals surface area (Å²) in [6, 6.07) is 0. The number of hydrogen-bond acceptors (Lipinski definition) is 4. The molecule has 0 spiro atoms. The van der Waals surface area contributed by atoms with E-state index < -0.39 is 11.6 Å². The van der Waals surface area contributed by atoms with Crippen LogP contribution in [0.5, 0.6) is 0 Å². The number of ether oxygens (including phenoxy) is 2. The summed E-state index contributed by atoms with van der Waals surface area (Å²) in [6.07, 6.45) is 1.73. The maximum atomic E-state index is 11.4. The molecular formula is C9H15NO3. The number of carbonyl (C=O) groups is 1. The van der Waals surface area contributed by atoms with Gasteiger partial charge in [0.05, 0.1) is 6.10 Å². The third kappa shape index (κ3) is 3.32. The van der Waals surface area contributed by atoms with Crippen molar-refractivity contribution in [3.63, 3.8) is 0 Å². The molecule has 1 atom stereocenters. The molecule has 74 valence electrons. The molecule has 0 aromatic heterocycles. The Hall–Kier alpha value is -1.24. The third-order valence-electron chi connectivity index (χ3n) is 1.72. The summed E-state index contributed by atoms with van der Waals surface area (Å²) in [5.74, 6) is -0.494. The molecule has 0 bridgehead atoms. The number of hydrogen-bond donors (Lipinski definition) is 0. The van der Waals surface area contributed by atoms with E-state index in [0.29, 0.717) is 6.42 Å². The number of carbonyl (C=O) groups excluding carboxylic acids is 1. The molecule has 0 aromatic carbocycles. The number of rotatable bonds is 4. The van der Waals surface area contributed by atoms with Crippen LogP contribution in [0.25, 0.3) is 0 Å². The molecule has 0 aliphatic heterocycles. The van der Waals surface area contributed by atoms with Crippen molar-refractivity contribution >= 4 is 5.97 Å². The van der Waals surface area contributed by atoms with Crippen molar-refractivity contribution in [2.75, 3.05) is 0 Å². The van der Waals surface area contributed by atoms with Crippen LogP contribution in [-0.2, 0) is 14.3 Å². The SMILES string of the molecule is CCC(C)(OC#N)C(=O)OC(C)C. The highest BCUT2D eigenvalue weighted by atomic mass is 16.6. The number of esters is 1. The Morgan fingerprint density at radius 2 is 2.15 bits per heavy atom. The normalized spacial score (nSPS) is 14.5. The molecule has 0 aliphatic rings. The number of nitrogens with zero attached hydrogens (tertiary/aromatic N) is 1. The van der Waals surface area contributed by atoms with Gasteiger partial charge in [-0.3, -0.25) is 0 Å². The molecule has 0 N–H and O–H groups in total. The van der Waals surface area contributed by atoms with Crippen LogP contribution in [-0.4, -0.2) is 17.7 Å². The fourth-order valence-corrected chi connectivity index (χ4v) is 0.698. The molecule has 0 radical (unpaired) electrons. The zero-order valence-electron chi connectivity index (χ0n) is 8.46. The molecule has 0 aliphatic carbocycles. The van der Waals surface area contributed by atoms with Gasteiger partial charge >= 0.3 is 5.97 Å². The molecule has 4 heteroatoms. The third-order valence-corrected chi connectivity index (χ3v) is 1.72. The van der Waals surface area contributed by atoms with Gasteiger partial charge in [-0.25, -0.2) is 4.79 Å². The van der Waals surface area contributed by atoms with Gasteiger partial charge in [0.25, 0.3) is 6.26 Å². The van der Waals surface area contributed by atoms with Crippen molar-refractivity contribution in [2.24, 2.45) is 0 Å². The highest BCUT2D eigenvalue weighted by Gasteiger charge is 2.36. The van der Waals surface area contributed by atoms with E-state index in [1.807, 2.05) is 0 Å². The van der Waals surface area contributed by atoms with Crippen LogP contribution >= 0.6 is 0 Å². The second-order valence-corrected chi connectivity index (χ2v) is 3.23. The monoisotopic (exact) mass is 185 g/mol. The van der Waals surface area contributed by atoms with Gasteiger partial charge in [0, 0.05) is 0 Å². The molecule has 13 heavy (non-hydrogen) atoms. The summed E-state index contributed by atoms with van der Waals surface area (Å²) in [5.41, 5.74) is -1.14. The first-order chi connectivity index (χ1) is 5.96. The van der Waals surface area contributed by atoms with Crippen LogP contribution in [0.4, 0.5) is 0 Å². The highest BCUT2D eigenvalue weighted by Crippen LogP contribution is 2.17. The van der Waals surface area contributed by atoms with Crippen molar-refractivity contribution in [1.29, 1.82) is 5.26 Å². The van der Waals surface area contributed by atoms with Crippen LogP contribution in [0.15, 0.2) is 0 Å². The first-order valence-electron chi connectivity index (χ1n) is 4.24. The molecule has 0 rings (SSSR count). The van der Waals surface area contributed by atoms with Gasteiger partial charge in [-0.05, 0) is 27.2 Å². The summed E-state index contributed by atoms with van der Waals surface area (Å²) in [4.78, 5) is 11.4. The highest BCUT2D eigenvalue weighted by molar-refractivity contribution is 5.79. The van der Waals surface area contributed by atoms with Crippen molar-refractivity contribution in [3.05, 3.63) is 0 Å². The summed E-state index contributed by atoms with van der Waals surface area (Å²) < 4.78 is 9.62. The second-order valence-electron chi connectivity index (χ2n) is 3.23. The van der Waals surface area contributed by atoms with Gasteiger partial charge < -0.3 is 9.47 Å². The molecule has 0 aromatic rings. The van der Waals surface area contributed by atoms with Gasteiger partial charge in [-0.15, -0.1) is 0 Å². The van der Waals surface area contributed by atoms with E-state index in [2.05, 4.69) is 4.74 Å². The molecule has 0 saturated carbocycles. The van der Waals surface area contributed by atoms with Gasteiger partial charge in [0.2, 0.25) is 5.60 Å². The van der Waals surface area contributed by atoms with Crippen LogP contribution in [0.2, 0.25) is 0 Å². The quantitative estimate of drug-likeness (QED) is 0.493. The van der Waals surface area contributed by atoms with Gasteiger partial charge in [0.15, 0.2) is 0 Å². The molecule has 0 saturated heterocycles. The van der Waals surface area contributed by atoms with E-state index in [4.69, 9.17) is 10.00 Å². The number of nitriles is 1. The second kappa shape index (κ2) is 4.70. The first kappa shape index (κ1) is 11.8. The maximum Gasteiger partial charge on any atom is 0.351 e. The van der Waals surface area contributed by atoms with Crippen LogP contribution in [0.1, 0.15) is 34.1 Å². The maximum absolute atomic E-state index is 11.4. The zero-order chi connectivity index (χ0) is 10.5. The topological polar surface area (TPSA) is 59.3 Å². The summed E-state index contributed by atoms with van der Waals surface area (Å²) in [6.45, 7) is 6.81. The van der Waals surface area contributed by atoms with Crippen molar-refractivity contribution < 1.29 is 14.3 Å². The Labute approximate surface area is 78.4 Å². The fourth-order valence-electron chi connectivity index (χ4n) is 0.698. The van der Waals surface area contributed by atoms with Gasteiger partial charge in [-0.2, -0.15) is 5.26 Å². The van der Waals surface area contributed by atoms with E-state index in [-0.39, 0.29) is 6.10 Å². The van der Waals surface area contributed by atoms with Crippen molar-refractivity contribution in [1.82, 2.24) is 0 Å². The zero-order valence-corrected chi connectivity index (χ0v) is 8.46. The van der Waals surface area contributed by atoms with E-state index in [0.717, 1.165) is 0 Å². The molecule has 1 unspecified atom stereocenters. The standard InChI is InChI=1S/C9H15NO3/c1-5-9(4,12-6-10)8(11)13-7(2)3/h7H,5H2,1-4H3. The first-order valence-corrected chi connectivity index (χ1v) is 4.24. The average molecular weight is 185 g/mol. The van der Waals surface area contributed by atoms with Crippen LogP contribution in [0, 0.1) is 11.5 Å². The lowest BCUT2D eigenvalue weighted by molar-refractivity contribution is -0.167. The van der Waals surface area contributed by atoms with E-state index in [1.54, 1.807) is 27.7 Å². The minimum Gasteiger partial charge on any atom is -0.460 e. The summed E-state index contributed by atoms with van der Waals surface area (Å²) >= 11 is 0. The Morgan fingerprint density at radius 3 is 2.46 bits per heavy atom. The predicted octanol–water partition coefficient (Wildman–Crippen LogP) is 1.60. The Morgan fingerprint density at radius 1 is 1.62 bits per heavy atom. The lowest BCUT2D eigenvalue weighted by Gasteiger charge is -2.23. The van der Waals surface area contributed by atoms with Crippen LogP contribution < -0.4 is 0 Å². The largest absolute Gasteiger partial charge is 0.460 e. The lowest BCUT2D eigenvalue weighted by atomic mass is 10.0. The van der Waals surface area contributed by atoms with Gasteiger partial charge in [0.1, 0.15) is 0 Å². The smallest absolute Gasteiger partial charge is 0.351 e. The van der Waals surface area contributed by atoms with E-state index >= 15 is 0 Å². The average Bonchev–Trinajstić information content (AvgIpc) is 2.03. The minimum absolute atomic E-state index is 0.194. The molecule has 0 amide bonds. The van der Waals surface area contributed by atoms with Crippen molar-refractivity contribution in [3.8, 4) is 6.26 Å².